The minimum absolute atomic E-state index is 0.0954. The molecule has 1 aromatic carbocycles. The number of hydrogen-bond acceptors (Lipinski definition) is 2. The predicted octanol–water partition coefficient (Wildman–Crippen LogP) is 1.11. The third-order valence-electron chi connectivity index (χ3n) is 2.02. The van der Waals surface area contributed by atoms with Gasteiger partial charge in [-0.3, -0.25) is 0 Å². The Hall–Kier alpha value is -1.25. The summed E-state index contributed by atoms with van der Waals surface area (Å²) in [6.45, 7) is 0. The summed E-state index contributed by atoms with van der Waals surface area (Å²) in [5.74, 6) is -0.790. The van der Waals surface area contributed by atoms with Gasteiger partial charge in [0, 0.05) is 0 Å². The SMILES string of the molecule is Nc1ccc2[se]cc(CC(=O)O)c2c1. The van der Waals surface area contributed by atoms with Gasteiger partial charge >= 0.3 is 86.6 Å². The Morgan fingerprint density at radius 3 is 3.00 bits per heavy atom. The van der Waals surface area contributed by atoms with Gasteiger partial charge in [0.05, 0.1) is 0 Å². The predicted molar refractivity (Wildman–Crippen MR) is 56.6 cm³/mol. The van der Waals surface area contributed by atoms with Crippen LogP contribution in [0, 0.1) is 0 Å². The third-order valence-corrected chi connectivity index (χ3v) is 4.14. The van der Waals surface area contributed by atoms with Crippen molar-refractivity contribution in [1.29, 1.82) is 0 Å². The van der Waals surface area contributed by atoms with Gasteiger partial charge in [0.25, 0.3) is 0 Å². The molecule has 4 heteroatoms. The molecule has 2 rings (SSSR count). The number of carboxylic acids is 1. The average molecular weight is 254 g/mol. The number of anilines is 1. The van der Waals surface area contributed by atoms with E-state index in [-0.39, 0.29) is 20.9 Å². The third kappa shape index (κ3) is 1.67. The summed E-state index contributed by atoms with van der Waals surface area (Å²) in [4.78, 5) is 12.6. The van der Waals surface area contributed by atoms with Gasteiger partial charge in [-0.2, -0.15) is 0 Å². The molecule has 72 valence electrons. The van der Waals surface area contributed by atoms with Crippen molar-refractivity contribution < 1.29 is 9.90 Å². The first-order valence-electron chi connectivity index (χ1n) is 4.14. The van der Waals surface area contributed by atoms with Crippen molar-refractivity contribution in [3.63, 3.8) is 0 Å². The molecule has 2 aromatic rings. The molecule has 0 fully saturated rings. The summed E-state index contributed by atoms with van der Waals surface area (Å²) in [6.07, 6.45) is 0.0954. The van der Waals surface area contributed by atoms with E-state index in [2.05, 4.69) is 0 Å². The number of nitrogen functional groups attached to an aromatic ring is 1. The van der Waals surface area contributed by atoms with Crippen LogP contribution in [-0.2, 0) is 11.2 Å². The maximum atomic E-state index is 10.6. The topological polar surface area (TPSA) is 63.3 Å². The van der Waals surface area contributed by atoms with E-state index in [0.29, 0.717) is 5.69 Å². The Labute approximate surface area is 86.9 Å². The molecular formula is C10H9NO2Se. The molecule has 0 amide bonds. The Kier molecular flexibility index (Phi) is 2.31. The van der Waals surface area contributed by atoms with E-state index < -0.39 is 5.97 Å². The molecule has 0 saturated carbocycles. The van der Waals surface area contributed by atoms with Crippen molar-refractivity contribution in [3.05, 3.63) is 28.7 Å². The number of benzene rings is 1. The maximum absolute atomic E-state index is 10.6. The van der Waals surface area contributed by atoms with E-state index in [1.54, 1.807) is 0 Å². The minimum atomic E-state index is -0.790. The van der Waals surface area contributed by atoms with Gasteiger partial charge in [-0.1, -0.05) is 0 Å². The molecule has 14 heavy (non-hydrogen) atoms. The molecule has 1 aromatic heterocycles. The number of nitrogens with two attached hydrogens (primary N) is 1. The van der Waals surface area contributed by atoms with Crippen molar-refractivity contribution >= 4 is 35.8 Å². The molecule has 0 radical (unpaired) electrons. The van der Waals surface area contributed by atoms with E-state index >= 15 is 0 Å². The first-order chi connectivity index (χ1) is 6.66. The fraction of sp³-hybridized carbons (Fsp3) is 0.100. The Balaban J connectivity index is 2.55. The van der Waals surface area contributed by atoms with Crippen LogP contribution in [0.3, 0.4) is 0 Å². The zero-order chi connectivity index (χ0) is 10.1. The van der Waals surface area contributed by atoms with Gasteiger partial charge in [0.15, 0.2) is 0 Å². The van der Waals surface area contributed by atoms with Gasteiger partial charge in [0.2, 0.25) is 0 Å². The van der Waals surface area contributed by atoms with Crippen LogP contribution >= 0.6 is 0 Å². The fourth-order valence-corrected chi connectivity index (χ4v) is 3.38. The van der Waals surface area contributed by atoms with Crippen LogP contribution in [-0.4, -0.2) is 25.6 Å². The van der Waals surface area contributed by atoms with E-state index in [1.807, 2.05) is 23.1 Å². The molecule has 0 unspecified atom stereocenters. The number of hydrogen-bond donors (Lipinski definition) is 2. The standard InChI is InChI=1S/C10H9NO2Se/c11-7-1-2-9-8(4-7)6(5-14-9)3-10(12)13/h1-2,4-5H,3,11H2,(H,12,13). The van der Waals surface area contributed by atoms with Gasteiger partial charge in [-0.05, 0) is 0 Å². The molecule has 3 nitrogen and oxygen atoms in total. The van der Waals surface area contributed by atoms with Gasteiger partial charge in [-0.25, -0.2) is 0 Å². The second kappa shape index (κ2) is 3.48. The quantitative estimate of drug-likeness (QED) is 0.623. The summed E-state index contributed by atoms with van der Waals surface area (Å²) in [6, 6.07) is 5.70. The number of rotatable bonds is 2. The molecule has 0 aliphatic rings. The summed E-state index contributed by atoms with van der Waals surface area (Å²) in [5.41, 5.74) is 7.25. The van der Waals surface area contributed by atoms with Crippen LogP contribution in [0.15, 0.2) is 23.1 Å². The van der Waals surface area contributed by atoms with Crippen molar-refractivity contribution in [3.8, 4) is 0 Å². The van der Waals surface area contributed by atoms with E-state index in [1.165, 1.54) is 4.26 Å². The van der Waals surface area contributed by atoms with Gasteiger partial charge in [-0.15, -0.1) is 0 Å². The van der Waals surface area contributed by atoms with Crippen LogP contribution in [0.1, 0.15) is 5.56 Å². The molecule has 0 saturated heterocycles. The summed E-state index contributed by atoms with van der Waals surface area (Å²) < 4.78 is 1.22. The summed E-state index contributed by atoms with van der Waals surface area (Å²) in [7, 11) is 0. The van der Waals surface area contributed by atoms with Gasteiger partial charge in [0.1, 0.15) is 0 Å². The molecule has 0 bridgehead atoms. The van der Waals surface area contributed by atoms with Crippen LogP contribution in [0.2, 0.25) is 0 Å². The fourth-order valence-electron chi connectivity index (χ4n) is 1.40. The van der Waals surface area contributed by atoms with E-state index in [0.717, 1.165) is 10.9 Å². The van der Waals surface area contributed by atoms with Crippen molar-refractivity contribution in [2.45, 2.75) is 6.42 Å². The molecule has 0 aliphatic carbocycles. The second-order valence-electron chi connectivity index (χ2n) is 3.09. The van der Waals surface area contributed by atoms with Crippen molar-refractivity contribution in [1.82, 2.24) is 0 Å². The first-order valence-corrected chi connectivity index (χ1v) is 5.99. The molecule has 0 aliphatic heterocycles. The number of carboxylic acid groups (broad SMARTS) is 1. The molecule has 0 atom stereocenters. The zero-order valence-corrected chi connectivity index (χ0v) is 9.07. The molecule has 3 N–H and O–H groups in total. The zero-order valence-electron chi connectivity index (χ0n) is 7.36. The van der Waals surface area contributed by atoms with Crippen LogP contribution in [0.5, 0.6) is 0 Å². The molecule has 1 heterocycles. The van der Waals surface area contributed by atoms with Crippen LogP contribution in [0.25, 0.3) is 9.65 Å². The Morgan fingerprint density at radius 1 is 1.50 bits per heavy atom. The normalized spacial score (nSPS) is 10.6. The summed E-state index contributed by atoms with van der Waals surface area (Å²) >= 11 is 0.272. The van der Waals surface area contributed by atoms with Crippen LogP contribution in [0.4, 0.5) is 5.69 Å². The second-order valence-corrected chi connectivity index (χ2v) is 5.00. The average Bonchev–Trinajstić information content (AvgIpc) is 2.47. The number of carbonyl (C=O) groups is 1. The van der Waals surface area contributed by atoms with Crippen LogP contribution < -0.4 is 5.73 Å². The number of aliphatic carboxylic acids is 1. The van der Waals surface area contributed by atoms with Crippen molar-refractivity contribution in [2.24, 2.45) is 0 Å². The molecule has 0 spiro atoms. The number of fused-ring (bicyclic) bond motifs is 1. The Bertz CT molecular complexity index is 490. The summed E-state index contributed by atoms with van der Waals surface area (Å²) in [5, 5.41) is 9.72. The monoisotopic (exact) mass is 255 g/mol. The van der Waals surface area contributed by atoms with E-state index in [4.69, 9.17) is 10.8 Å². The van der Waals surface area contributed by atoms with E-state index in [9.17, 15) is 4.79 Å². The Morgan fingerprint density at radius 2 is 2.29 bits per heavy atom. The first kappa shape index (κ1) is 9.31. The van der Waals surface area contributed by atoms with Crippen molar-refractivity contribution in [2.75, 3.05) is 5.73 Å². The molecular weight excluding hydrogens is 245 g/mol. The van der Waals surface area contributed by atoms with Gasteiger partial charge < -0.3 is 0 Å².